The third-order valence-electron chi connectivity index (χ3n) is 2.31. The molecule has 1 heterocycles. The third kappa shape index (κ3) is 3.42. The van der Waals surface area contributed by atoms with Crippen molar-refractivity contribution >= 4 is 12.2 Å². The van der Waals surface area contributed by atoms with Crippen LogP contribution in [0.25, 0.3) is 0 Å². The maximum atomic E-state index is 5.31. The Balaban J connectivity index is 2.70. The second kappa shape index (κ2) is 5.59. The van der Waals surface area contributed by atoms with Crippen molar-refractivity contribution in [2.45, 2.75) is 46.1 Å². The lowest BCUT2D eigenvalue weighted by Gasteiger charge is -2.22. The second-order valence-electron chi connectivity index (χ2n) is 4.75. The largest absolute Gasteiger partial charge is 0.382 e. The number of hydrogen-bond acceptors (Lipinski definition) is 3. The molecule has 16 heavy (non-hydrogen) atoms. The van der Waals surface area contributed by atoms with Crippen molar-refractivity contribution in [2.24, 2.45) is 0 Å². The smallest absolute Gasteiger partial charge is 0.195 e. The first-order chi connectivity index (χ1) is 7.46. The van der Waals surface area contributed by atoms with E-state index in [0.717, 1.165) is 31.9 Å². The molecule has 0 saturated carbocycles. The first-order valence-corrected chi connectivity index (χ1v) is 6.12. The van der Waals surface area contributed by atoms with Gasteiger partial charge in [-0.05, 0) is 46.3 Å². The highest BCUT2D eigenvalue weighted by Gasteiger charge is 2.18. The fourth-order valence-electron chi connectivity index (χ4n) is 1.67. The molecular formula is C11H21N3OS. The van der Waals surface area contributed by atoms with Crippen LogP contribution < -0.4 is 0 Å². The maximum absolute atomic E-state index is 5.31. The summed E-state index contributed by atoms with van der Waals surface area (Å²) in [5.41, 5.74) is -0.0228. The molecule has 0 fully saturated rings. The zero-order valence-corrected chi connectivity index (χ0v) is 11.4. The summed E-state index contributed by atoms with van der Waals surface area (Å²) >= 11 is 5.24. The van der Waals surface area contributed by atoms with E-state index < -0.39 is 0 Å². The minimum absolute atomic E-state index is 0.0228. The monoisotopic (exact) mass is 243 g/mol. The number of hydrogen-bond donors (Lipinski definition) is 1. The van der Waals surface area contributed by atoms with Crippen molar-refractivity contribution in [3.05, 3.63) is 10.6 Å². The number of nitrogens with zero attached hydrogens (tertiary/aromatic N) is 2. The lowest BCUT2D eigenvalue weighted by molar-refractivity contribution is 0.144. The van der Waals surface area contributed by atoms with Crippen molar-refractivity contribution in [3.63, 3.8) is 0 Å². The van der Waals surface area contributed by atoms with Crippen LogP contribution in [0.15, 0.2) is 0 Å². The average molecular weight is 243 g/mol. The quantitative estimate of drug-likeness (QED) is 0.638. The van der Waals surface area contributed by atoms with Crippen molar-refractivity contribution in [2.75, 3.05) is 13.2 Å². The van der Waals surface area contributed by atoms with E-state index in [9.17, 15) is 0 Å². The van der Waals surface area contributed by atoms with E-state index in [-0.39, 0.29) is 5.54 Å². The zero-order valence-electron chi connectivity index (χ0n) is 10.5. The molecule has 1 N–H and O–H groups in total. The lowest BCUT2D eigenvalue weighted by Crippen LogP contribution is -2.24. The van der Waals surface area contributed by atoms with Crippen LogP contribution in [0.2, 0.25) is 0 Å². The van der Waals surface area contributed by atoms with Crippen LogP contribution in [0, 0.1) is 4.77 Å². The van der Waals surface area contributed by atoms with Crippen LogP contribution in [0.1, 0.15) is 39.9 Å². The average Bonchev–Trinajstić information content (AvgIpc) is 2.54. The van der Waals surface area contributed by atoms with E-state index in [1.165, 1.54) is 0 Å². The molecule has 4 nitrogen and oxygen atoms in total. The molecule has 1 aromatic rings. The van der Waals surface area contributed by atoms with Gasteiger partial charge in [-0.15, -0.1) is 0 Å². The fourth-order valence-corrected chi connectivity index (χ4v) is 2.09. The van der Waals surface area contributed by atoms with Crippen LogP contribution in [0.5, 0.6) is 0 Å². The van der Waals surface area contributed by atoms with E-state index in [1.54, 1.807) is 0 Å². The number of aromatic amines is 1. The van der Waals surface area contributed by atoms with Gasteiger partial charge in [0.25, 0.3) is 0 Å². The van der Waals surface area contributed by atoms with Gasteiger partial charge in [-0.2, -0.15) is 5.10 Å². The summed E-state index contributed by atoms with van der Waals surface area (Å²) in [5.74, 6) is 1.01. The van der Waals surface area contributed by atoms with Gasteiger partial charge in [0, 0.05) is 25.2 Å². The molecule has 1 rings (SSSR count). The second-order valence-corrected chi connectivity index (χ2v) is 5.14. The molecule has 1 aromatic heterocycles. The molecule has 0 aromatic carbocycles. The molecule has 0 aliphatic rings. The Kier molecular flexibility index (Phi) is 4.68. The highest BCUT2D eigenvalue weighted by molar-refractivity contribution is 7.71. The molecule has 0 saturated heterocycles. The summed E-state index contributed by atoms with van der Waals surface area (Å²) in [7, 11) is 0. The van der Waals surface area contributed by atoms with Gasteiger partial charge in [-0.25, -0.2) is 0 Å². The summed E-state index contributed by atoms with van der Waals surface area (Å²) in [6.07, 6.45) is 1.87. The normalized spacial score (nSPS) is 12.0. The molecule has 0 spiro atoms. The van der Waals surface area contributed by atoms with Crippen molar-refractivity contribution in [1.82, 2.24) is 14.8 Å². The van der Waals surface area contributed by atoms with E-state index in [0.29, 0.717) is 4.77 Å². The molecule has 0 radical (unpaired) electrons. The summed E-state index contributed by atoms with van der Waals surface area (Å²) in [6.45, 7) is 9.94. The van der Waals surface area contributed by atoms with E-state index >= 15 is 0 Å². The topological polar surface area (TPSA) is 42.8 Å². The number of aromatic nitrogens is 3. The van der Waals surface area contributed by atoms with Crippen LogP contribution in [0.4, 0.5) is 0 Å². The Labute approximate surface area is 102 Å². The standard InChI is InChI=1S/C11H21N3OS/c1-5-15-8-6-7-9-12-13-10(16)14(9)11(2,3)4/h5-8H2,1-4H3,(H,13,16). The summed E-state index contributed by atoms with van der Waals surface area (Å²) in [4.78, 5) is 0. The van der Waals surface area contributed by atoms with Crippen molar-refractivity contribution in [3.8, 4) is 0 Å². The molecule has 0 bridgehead atoms. The number of rotatable bonds is 5. The van der Waals surface area contributed by atoms with E-state index in [4.69, 9.17) is 17.0 Å². The molecule has 0 aliphatic carbocycles. The predicted molar refractivity (Wildman–Crippen MR) is 67.2 cm³/mol. The molecule has 5 heteroatoms. The lowest BCUT2D eigenvalue weighted by atomic mass is 10.1. The number of H-pyrrole nitrogens is 1. The van der Waals surface area contributed by atoms with Gasteiger partial charge in [-0.3, -0.25) is 9.67 Å². The minimum Gasteiger partial charge on any atom is -0.382 e. The van der Waals surface area contributed by atoms with Gasteiger partial charge >= 0.3 is 0 Å². The summed E-state index contributed by atoms with van der Waals surface area (Å²) < 4.78 is 8.09. The van der Waals surface area contributed by atoms with Crippen molar-refractivity contribution in [1.29, 1.82) is 0 Å². The van der Waals surface area contributed by atoms with Crippen molar-refractivity contribution < 1.29 is 4.74 Å². The highest BCUT2D eigenvalue weighted by Crippen LogP contribution is 2.17. The fraction of sp³-hybridized carbons (Fsp3) is 0.818. The summed E-state index contributed by atoms with van der Waals surface area (Å²) in [5, 5.41) is 7.13. The van der Waals surface area contributed by atoms with Gasteiger partial charge < -0.3 is 4.74 Å². The molecule has 92 valence electrons. The molecular weight excluding hydrogens is 222 g/mol. The van der Waals surface area contributed by atoms with E-state index in [1.807, 2.05) is 6.92 Å². The predicted octanol–water partition coefficient (Wildman–Crippen LogP) is 2.66. The van der Waals surface area contributed by atoms with Crippen LogP contribution in [-0.4, -0.2) is 28.0 Å². The van der Waals surface area contributed by atoms with Crippen LogP contribution >= 0.6 is 12.2 Å². The Morgan fingerprint density at radius 1 is 1.44 bits per heavy atom. The van der Waals surface area contributed by atoms with Gasteiger partial charge in [0.05, 0.1) is 0 Å². The summed E-state index contributed by atoms with van der Waals surface area (Å²) in [6, 6.07) is 0. The first-order valence-electron chi connectivity index (χ1n) is 5.71. The van der Waals surface area contributed by atoms with Crippen LogP contribution in [0.3, 0.4) is 0 Å². The zero-order chi connectivity index (χ0) is 12.2. The molecule has 0 aliphatic heterocycles. The first kappa shape index (κ1) is 13.4. The van der Waals surface area contributed by atoms with Gasteiger partial charge in [0.1, 0.15) is 5.82 Å². The molecule has 0 atom stereocenters. The Bertz CT molecular complexity index is 375. The Morgan fingerprint density at radius 2 is 2.12 bits per heavy atom. The molecule has 0 amide bonds. The minimum atomic E-state index is -0.0228. The van der Waals surface area contributed by atoms with Crippen LogP contribution in [-0.2, 0) is 16.7 Å². The SMILES string of the molecule is CCOCCCc1n[nH]c(=S)n1C(C)(C)C. The van der Waals surface area contributed by atoms with Gasteiger partial charge in [0.2, 0.25) is 0 Å². The van der Waals surface area contributed by atoms with Gasteiger partial charge in [0.15, 0.2) is 4.77 Å². The Morgan fingerprint density at radius 3 is 2.69 bits per heavy atom. The highest BCUT2D eigenvalue weighted by atomic mass is 32.1. The van der Waals surface area contributed by atoms with Gasteiger partial charge in [-0.1, -0.05) is 0 Å². The third-order valence-corrected chi connectivity index (χ3v) is 2.58. The Hall–Kier alpha value is -0.680. The molecule has 0 unspecified atom stereocenters. The number of aryl methyl sites for hydroxylation is 1. The number of ether oxygens (including phenoxy) is 1. The van der Waals surface area contributed by atoms with E-state index in [2.05, 4.69) is 35.5 Å². The maximum Gasteiger partial charge on any atom is 0.195 e. The number of nitrogens with one attached hydrogen (secondary N) is 1.